The Morgan fingerprint density at radius 2 is 1.85 bits per heavy atom. The summed E-state index contributed by atoms with van der Waals surface area (Å²) >= 11 is 1.22. The molecule has 0 N–H and O–H groups in total. The van der Waals surface area contributed by atoms with E-state index in [0.29, 0.717) is 50.0 Å². The molecule has 1 aliphatic heterocycles. The number of allylic oxidation sites excluding steroid dienone is 1. The Kier molecular flexibility index (Phi) is 8.35. The van der Waals surface area contributed by atoms with E-state index >= 15 is 0 Å². The third kappa shape index (κ3) is 5.96. The summed E-state index contributed by atoms with van der Waals surface area (Å²) in [6.07, 6.45) is 1.38. The predicted octanol–water partition coefficient (Wildman–Crippen LogP) is 3.52. The van der Waals surface area contributed by atoms with Gasteiger partial charge in [-0.3, -0.25) is 14.2 Å². The van der Waals surface area contributed by atoms with Gasteiger partial charge >= 0.3 is 11.9 Å². The van der Waals surface area contributed by atoms with Crippen LogP contribution < -0.4 is 29.1 Å². The van der Waals surface area contributed by atoms with Gasteiger partial charge in [-0.25, -0.2) is 9.79 Å². The van der Waals surface area contributed by atoms with Crippen molar-refractivity contribution in [3.63, 3.8) is 0 Å². The van der Waals surface area contributed by atoms with Crippen molar-refractivity contribution in [3.8, 4) is 17.2 Å². The lowest BCUT2D eigenvalue weighted by Crippen LogP contribution is -2.40. The highest BCUT2D eigenvalue weighted by molar-refractivity contribution is 7.07. The van der Waals surface area contributed by atoms with Crippen LogP contribution in [0.1, 0.15) is 51.8 Å². The molecule has 2 heterocycles. The Morgan fingerprint density at radius 3 is 2.46 bits per heavy atom. The lowest BCUT2D eigenvalue weighted by atomic mass is 9.96. The number of benzene rings is 2. The van der Waals surface area contributed by atoms with Gasteiger partial charge in [0.2, 0.25) is 0 Å². The van der Waals surface area contributed by atoms with E-state index in [-0.39, 0.29) is 11.7 Å². The molecule has 0 bridgehead atoms. The van der Waals surface area contributed by atoms with Gasteiger partial charge in [-0.1, -0.05) is 29.5 Å². The summed E-state index contributed by atoms with van der Waals surface area (Å²) in [7, 11) is 1.57. The number of carbonyl (C=O) groups is 2. The molecule has 2 aromatic carbocycles. The van der Waals surface area contributed by atoms with Crippen LogP contribution in [0.15, 0.2) is 63.5 Å². The van der Waals surface area contributed by atoms with Gasteiger partial charge in [0, 0.05) is 6.92 Å². The topological polar surface area (TPSA) is 105 Å². The minimum absolute atomic E-state index is 0.298. The summed E-state index contributed by atoms with van der Waals surface area (Å²) in [5, 5.41) is 0. The molecule has 0 radical (unpaired) electrons. The first-order valence-corrected chi connectivity index (χ1v) is 13.3. The molecule has 0 spiro atoms. The van der Waals surface area contributed by atoms with Gasteiger partial charge in [-0.2, -0.15) is 0 Å². The normalized spacial score (nSPS) is 15.1. The fraction of sp³-hybridized carbons (Fsp3) is 0.310. The molecular weight excluding hydrogens is 520 g/mol. The van der Waals surface area contributed by atoms with Gasteiger partial charge in [-0.05, 0) is 69.2 Å². The maximum Gasteiger partial charge on any atom is 0.338 e. The largest absolute Gasteiger partial charge is 0.497 e. The summed E-state index contributed by atoms with van der Waals surface area (Å²) in [6, 6.07) is 11.5. The Bertz CT molecular complexity index is 1610. The highest BCUT2D eigenvalue weighted by Crippen LogP contribution is 2.32. The van der Waals surface area contributed by atoms with Crippen LogP contribution in [0.3, 0.4) is 0 Å². The zero-order chi connectivity index (χ0) is 28.3. The molecule has 0 unspecified atom stereocenters. The van der Waals surface area contributed by atoms with E-state index in [1.54, 1.807) is 64.3 Å². The van der Waals surface area contributed by atoms with Crippen LogP contribution in [-0.4, -0.2) is 36.3 Å². The number of carbonyl (C=O) groups excluding carboxylic acids is 2. The smallest absolute Gasteiger partial charge is 0.338 e. The van der Waals surface area contributed by atoms with E-state index in [4.69, 9.17) is 18.9 Å². The standard InChI is InChI=1S/C29H30N2O7S/c1-7-36-23-14-19(8-13-22(23)38-18(5)32)15-24-27(33)31-26(20-9-11-21(35-6)12-10-20)25(28(34)37-16(2)3)17(4)30-29(31)39-24/h8-16,26H,7H2,1-6H3/b24-15+/t26-/m0/s1. The number of esters is 2. The van der Waals surface area contributed by atoms with Crippen molar-refractivity contribution < 1.29 is 28.5 Å². The maximum atomic E-state index is 13.8. The van der Waals surface area contributed by atoms with E-state index in [1.165, 1.54) is 22.8 Å². The Balaban J connectivity index is 1.88. The highest BCUT2D eigenvalue weighted by atomic mass is 32.1. The van der Waals surface area contributed by atoms with E-state index in [1.807, 2.05) is 19.1 Å². The summed E-state index contributed by atoms with van der Waals surface area (Å²) in [5.41, 5.74) is 1.88. The molecule has 0 fully saturated rings. The minimum atomic E-state index is -0.731. The quantitative estimate of drug-likeness (QED) is 0.312. The Labute approximate surface area is 229 Å². The van der Waals surface area contributed by atoms with Crippen LogP contribution >= 0.6 is 11.3 Å². The molecule has 1 atom stereocenters. The van der Waals surface area contributed by atoms with Gasteiger partial charge in [0.05, 0.1) is 41.7 Å². The van der Waals surface area contributed by atoms with Crippen LogP contribution in [0, 0.1) is 0 Å². The highest BCUT2D eigenvalue weighted by Gasteiger charge is 2.33. The summed E-state index contributed by atoms with van der Waals surface area (Å²) in [5.74, 6) is 0.355. The molecule has 39 heavy (non-hydrogen) atoms. The number of fused-ring (bicyclic) bond motifs is 1. The number of methoxy groups -OCH3 is 1. The second kappa shape index (κ2) is 11.7. The average Bonchev–Trinajstić information content (AvgIpc) is 3.18. The van der Waals surface area contributed by atoms with E-state index in [0.717, 1.165) is 5.56 Å². The van der Waals surface area contributed by atoms with Gasteiger partial charge in [0.1, 0.15) is 5.75 Å². The lowest BCUT2D eigenvalue weighted by molar-refractivity contribution is -0.143. The number of ether oxygens (including phenoxy) is 4. The van der Waals surface area contributed by atoms with Gasteiger partial charge < -0.3 is 18.9 Å². The average molecular weight is 551 g/mol. The fourth-order valence-corrected chi connectivity index (χ4v) is 5.28. The predicted molar refractivity (Wildman–Crippen MR) is 147 cm³/mol. The number of nitrogens with zero attached hydrogens (tertiary/aromatic N) is 2. The summed E-state index contributed by atoms with van der Waals surface area (Å²) in [4.78, 5) is 43.6. The SMILES string of the molecule is CCOc1cc(/C=c2/sc3n(c2=O)[C@@H](c2ccc(OC)cc2)C(C(=O)OC(C)C)=C(C)N=3)ccc1OC(C)=O. The van der Waals surface area contributed by atoms with Crippen molar-refractivity contribution in [2.24, 2.45) is 4.99 Å². The molecule has 0 amide bonds. The third-order valence-corrected chi connectivity index (χ3v) is 6.82. The monoisotopic (exact) mass is 550 g/mol. The zero-order valence-electron chi connectivity index (χ0n) is 22.6. The van der Waals surface area contributed by atoms with Crippen LogP contribution in [0.2, 0.25) is 0 Å². The van der Waals surface area contributed by atoms with Gasteiger partial charge in [-0.15, -0.1) is 0 Å². The molecule has 1 aromatic heterocycles. The number of thiazole rings is 1. The van der Waals surface area contributed by atoms with Crippen molar-refractivity contribution in [1.29, 1.82) is 0 Å². The van der Waals surface area contributed by atoms with Crippen molar-refractivity contribution in [2.75, 3.05) is 13.7 Å². The van der Waals surface area contributed by atoms with Crippen molar-refractivity contribution in [2.45, 2.75) is 46.8 Å². The van der Waals surface area contributed by atoms with Crippen molar-refractivity contribution >= 4 is 29.4 Å². The van der Waals surface area contributed by atoms with Crippen molar-refractivity contribution in [1.82, 2.24) is 4.57 Å². The fourth-order valence-electron chi connectivity index (χ4n) is 4.24. The van der Waals surface area contributed by atoms with Crippen LogP contribution in [-0.2, 0) is 14.3 Å². The van der Waals surface area contributed by atoms with Gasteiger partial charge in [0.25, 0.3) is 5.56 Å². The number of hydrogen-bond donors (Lipinski definition) is 0. The molecule has 0 aliphatic carbocycles. The first-order chi connectivity index (χ1) is 18.6. The van der Waals surface area contributed by atoms with Gasteiger partial charge in [0.15, 0.2) is 16.3 Å². The molecule has 1 aliphatic rings. The summed E-state index contributed by atoms with van der Waals surface area (Å²) < 4.78 is 23.7. The first-order valence-electron chi connectivity index (χ1n) is 12.5. The molecule has 4 rings (SSSR count). The number of aromatic nitrogens is 1. The number of hydrogen-bond acceptors (Lipinski definition) is 9. The van der Waals surface area contributed by atoms with E-state index in [9.17, 15) is 14.4 Å². The first kappa shape index (κ1) is 27.8. The molecule has 0 saturated heterocycles. The zero-order valence-corrected chi connectivity index (χ0v) is 23.5. The molecule has 9 nitrogen and oxygen atoms in total. The second-order valence-electron chi connectivity index (χ2n) is 9.04. The Morgan fingerprint density at radius 1 is 1.13 bits per heavy atom. The molecule has 204 valence electrons. The molecular formula is C29H30N2O7S. The lowest BCUT2D eigenvalue weighted by Gasteiger charge is -2.25. The third-order valence-electron chi connectivity index (χ3n) is 5.83. The minimum Gasteiger partial charge on any atom is -0.497 e. The molecule has 3 aromatic rings. The molecule has 0 saturated carbocycles. The van der Waals surface area contributed by atoms with E-state index < -0.39 is 18.0 Å². The van der Waals surface area contributed by atoms with Crippen molar-refractivity contribution in [3.05, 3.63) is 84.5 Å². The number of rotatable bonds is 8. The molecule has 10 heteroatoms. The second-order valence-corrected chi connectivity index (χ2v) is 10.1. The summed E-state index contributed by atoms with van der Waals surface area (Å²) in [6.45, 7) is 8.80. The van der Waals surface area contributed by atoms with Crippen LogP contribution in [0.4, 0.5) is 0 Å². The van der Waals surface area contributed by atoms with Crippen LogP contribution in [0.5, 0.6) is 17.2 Å². The Hall–Kier alpha value is -4.18. The maximum absolute atomic E-state index is 13.8. The van der Waals surface area contributed by atoms with E-state index in [2.05, 4.69) is 4.99 Å². The van der Waals surface area contributed by atoms with Crippen LogP contribution in [0.25, 0.3) is 6.08 Å².